The molecule has 0 aliphatic carbocycles. The first kappa shape index (κ1) is 14.7. The number of azo groups is 1. The van der Waals surface area contributed by atoms with Crippen molar-refractivity contribution in [1.29, 1.82) is 5.26 Å². The van der Waals surface area contributed by atoms with Crippen molar-refractivity contribution in [1.82, 2.24) is 0 Å². The number of benzene rings is 2. The van der Waals surface area contributed by atoms with Gasteiger partial charge >= 0.3 is 0 Å². The third kappa shape index (κ3) is 4.15. The molecule has 0 heterocycles. The van der Waals surface area contributed by atoms with Crippen LogP contribution in [0.15, 0.2) is 52.7 Å². The molecule has 0 saturated carbocycles. The van der Waals surface area contributed by atoms with Gasteiger partial charge in [-0.05, 0) is 55.3 Å². The van der Waals surface area contributed by atoms with E-state index in [0.717, 1.165) is 23.4 Å². The van der Waals surface area contributed by atoms with Crippen molar-refractivity contribution in [3.63, 3.8) is 0 Å². The molecule has 0 spiro atoms. The first-order chi connectivity index (χ1) is 10.2. The molecule has 2 aromatic rings. The third-order valence-corrected chi connectivity index (χ3v) is 2.93. The summed E-state index contributed by atoms with van der Waals surface area (Å²) in [5, 5.41) is 17.3. The van der Waals surface area contributed by atoms with Crippen molar-refractivity contribution in [3.8, 4) is 11.8 Å². The molecule has 4 heteroatoms. The second-order valence-corrected chi connectivity index (χ2v) is 4.65. The summed E-state index contributed by atoms with van der Waals surface area (Å²) in [7, 11) is 0. The summed E-state index contributed by atoms with van der Waals surface area (Å²) in [6, 6.07) is 15.1. The van der Waals surface area contributed by atoms with Crippen LogP contribution in [0, 0.1) is 18.3 Å². The van der Waals surface area contributed by atoms with E-state index >= 15 is 0 Å². The van der Waals surface area contributed by atoms with Crippen LogP contribution in [0.1, 0.15) is 24.5 Å². The van der Waals surface area contributed by atoms with Crippen molar-refractivity contribution in [3.05, 3.63) is 53.6 Å². The summed E-state index contributed by atoms with van der Waals surface area (Å²) in [4.78, 5) is 0. The minimum Gasteiger partial charge on any atom is -0.494 e. The summed E-state index contributed by atoms with van der Waals surface area (Å²) in [5.74, 6) is 0.831. The Hall–Kier alpha value is -2.67. The van der Waals surface area contributed by atoms with Crippen LogP contribution < -0.4 is 4.74 Å². The molecule has 0 N–H and O–H groups in total. The zero-order valence-corrected chi connectivity index (χ0v) is 12.2. The van der Waals surface area contributed by atoms with Crippen LogP contribution in [0.4, 0.5) is 11.4 Å². The number of ether oxygens (including phenoxy) is 1. The Bertz CT molecular complexity index is 669. The summed E-state index contributed by atoms with van der Waals surface area (Å²) in [6.45, 7) is 4.68. The number of nitrogens with zero attached hydrogens (tertiary/aromatic N) is 3. The largest absolute Gasteiger partial charge is 0.494 e. The van der Waals surface area contributed by atoms with Crippen LogP contribution in [0.2, 0.25) is 0 Å². The molecule has 0 fully saturated rings. The molecule has 0 aromatic heterocycles. The fourth-order valence-corrected chi connectivity index (χ4v) is 1.74. The van der Waals surface area contributed by atoms with Crippen LogP contribution >= 0.6 is 0 Å². The lowest BCUT2D eigenvalue weighted by Crippen LogP contribution is -1.93. The fraction of sp³-hybridized carbons (Fsp3) is 0.235. The Morgan fingerprint density at radius 1 is 1.05 bits per heavy atom. The third-order valence-electron chi connectivity index (χ3n) is 2.93. The molecule has 0 bridgehead atoms. The molecule has 0 unspecified atom stereocenters. The predicted octanol–water partition coefficient (Wildman–Crippen LogP) is 5.07. The molecule has 0 radical (unpaired) electrons. The highest BCUT2D eigenvalue weighted by molar-refractivity contribution is 5.49. The van der Waals surface area contributed by atoms with Crippen LogP contribution in [-0.2, 0) is 0 Å². The molecule has 0 aliphatic heterocycles. The van der Waals surface area contributed by atoms with Gasteiger partial charge in [-0.3, -0.25) is 0 Å². The maximum Gasteiger partial charge on any atom is 0.119 e. The molecule has 0 saturated heterocycles. The Morgan fingerprint density at radius 3 is 2.38 bits per heavy atom. The normalized spacial score (nSPS) is 10.5. The average Bonchev–Trinajstić information content (AvgIpc) is 2.53. The minimum atomic E-state index is 0.620. The Kier molecular flexibility index (Phi) is 5.05. The van der Waals surface area contributed by atoms with Gasteiger partial charge in [0.25, 0.3) is 0 Å². The van der Waals surface area contributed by atoms with E-state index in [1.807, 2.05) is 43.3 Å². The van der Waals surface area contributed by atoms with Crippen molar-refractivity contribution in [2.75, 3.05) is 6.61 Å². The Labute approximate surface area is 124 Å². The first-order valence-electron chi connectivity index (χ1n) is 6.88. The van der Waals surface area contributed by atoms with Gasteiger partial charge in [0.2, 0.25) is 0 Å². The highest BCUT2D eigenvalue weighted by atomic mass is 16.5. The molecule has 4 nitrogen and oxygen atoms in total. The van der Waals surface area contributed by atoms with Crippen LogP contribution in [-0.4, -0.2) is 6.61 Å². The van der Waals surface area contributed by atoms with Gasteiger partial charge in [-0.25, -0.2) is 0 Å². The van der Waals surface area contributed by atoms with Gasteiger partial charge in [-0.2, -0.15) is 15.5 Å². The molecule has 2 rings (SSSR count). The molecule has 0 atom stereocenters. The molecule has 2 aromatic carbocycles. The van der Waals surface area contributed by atoms with Crippen molar-refractivity contribution in [2.45, 2.75) is 20.3 Å². The molecule has 0 aliphatic rings. The Balaban J connectivity index is 2.09. The quantitative estimate of drug-likeness (QED) is 0.717. The monoisotopic (exact) mass is 279 g/mol. The zero-order valence-electron chi connectivity index (χ0n) is 12.2. The van der Waals surface area contributed by atoms with Gasteiger partial charge in [-0.1, -0.05) is 13.0 Å². The number of nitriles is 1. The van der Waals surface area contributed by atoms with E-state index in [9.17, 15) is 0 Å². The van der Waals surface area contributed by atoms with Crippen LogP contribution in [0.3, 0.4) is 0 Å². The molecule has 106 valence electrons. The van der Waals surface area contributed by atoms with E-state index in [2.05, 4.69) is 23.2 Å². The molecular weight excluding hydrogens is 262 g/mol. The van der Waals surface area contributed by atoms with Gasteiger partial charge in [-0.15, -0.1) is 0 Å². The van der Waals surface area contributed by atoms with E-state index in [1.165, 1.54) is 0 Å². The molecule has 21 heavy (non-hydrogen) atoms. The van der Waals surface area contributed by atoms with E-state index < -0.39 is 0 Å². The number of rotatable bonds is 5. The molecule has 0 amide bonds. The van der Waals surface area contributed by atoms with Crippen LogP contribution in [0.25, 0.3) is 0 Å². The maximum absolute atomic E-state index is 8.99. The maximum atomic E-state index is 8.99. The zero-order chi connectivity index (χ0) is 15.1. The first-order valence-corrected chi connectivity index (χ1v) is 6.88. The lowest BCUT2D eigenvalue weighted by Gasteiger charge is -2.03. The molecular formula is C17H17N3O. The second-order valence-electron chi connectivity index (χ2n) is 4.65. The lowest BCUT2D eigenvalue weighted by atomic mass is 10.1. The van der Waals surface area contributed by atoms with E-state index in [0.29, 0.717) is 17.9 Å². The topological polar surface area (TPSA) is 57.7 Å². The van der Waals surface area contributed by atoms with Gasteiger partial charge in [0.05, 0.1) is 29.6 Å². The van der Waals surface area contributed by atoms with Gasteiger partial charge < -0.3 is 4.74 Å². The smallest absolute Gasteiger partial charge is 0.119 e. The van der Waals surface area contributed by atoms with Crippen molar-refractivity contribution < 1.29 is 4.74 Å². The van der Waals surface area contributed by atoms with E-state index in [-0.39, 0.29) is 0 Å². The van der Waals surface area contributed by atoms with E-state index in [4.69, 9.17) is 10.00 Å². The Morgan fingerprint density at radius 2 is 1.71 bits per heavy atom. The number of aryl methyl sites for hydroxylation is 1. The van der Waals surface area contributed by atoms with Crippen molar-refractivity contribution >= 4 is 11.4 Å². The number of hydrogen-bond donors (Lipinski definition) is 0. The summed E-state index contributed by atoms with van der Waals surface area (Å²) < 4.78 is 5.51. The highest BCUT2D eigenvalue weighted by Crippen LogP contribution is 2.22. The summed E-state index contributed by atoms with van der Waals surface area (Å²) in [5.41, 5.74) is 2.98. The summed E-state index contributed by atoms with van der Waals surface area (Å²) >= 11 is 0. The predicted molar refractivity (Wildman–Crippen MR) is 82.3 cm³/mol. The second kappa shape index (κ2) is 7.20. The standard InChI is InChI=1S/C17H17N3O/c1-3-10-21-17-8-6-15(7-9-17)19-20-16-5-4-13(2)14(11-16)12-18/h4-9,11H,3,10H2,1-2H3/b20-19+. The average molecular weight is 279 g/mol. The SMILES string of the molecule is CCCOc1ccc(/N=N/c2ccc(C)c(C#N)c2)cc1. The minimum absolute atomic E-state index is 0.620. The summed E-state index contributed by atoms with van der Waals surface area (Å²) in [6.07, 6.45) is 0.982. The van der Waals surface area contributed by atoms with Crippen molar-refractivity contribution in [2.24, 2.45) is 10.2 Å². The highest BCUT2D eigenvalue weighted by Gasteiger charge is 1.99. The van der Waals surface area contributed by atoms with Crippen LogP contribution in [0.5, 0.6) is 5.75 Å². The fourth-order valence-electron chi connectivity index (χ4n) is 1.74. The van der Waals surface area contributed by atoms with Gasteiger partial charge in [0, 0.05) is 0 Å². The van der Waals surface area contributed by atoms with Gasteiger partial charge in [0.15, 0.2) is 0 Å². The van der Waals surface area contributed by atoms with E-state index in [1.54, 1.807) is 6.07 Å². The lowest BCUT2D eigenvalue weighted by molar-refractivity contribution is 0.317. The number of hydrogen-bond acceptors (Lipinski definition) is 4. The van der Waals surface area contributed by atoms with Gasteiger partial charge in [0.1, 0.15) is 5.75 Å².